The zero-order chi connectivity index (χ0) is 23.4. The molecule has 0 spiro atoms. The van der Waals surface area contributed by atoms with E-state index in [1.165, 1.54) is 6.21 Å². The molecule has 0 saturated heterocycles. The molecule has 4 fully saturated rings. The first-order valence-electron chi connectivity index (χ1n) is 13.6. The van der Waals surface area contributed by atoms with Gasteiger partial charge in [-0.2, -0.15) is 0 Å². The van der Waals surface area contributed by atoms with Crippen LogP contribution in [-0.2, 0) is 4.79 Å². The van der Waals surface area contributed by atoms with Crippen LogP contribution in [0, 0.1) is 40.4 Å². The summed E-state index contributed by atoms with van der Waals surface area (Å²) in [6, 6.07) is 0. The van der Waals surface area contributed by atoms with E-state index in [2.05, 4.69) is 12.2 Å². The fraction of sp³-hybridized carbons (Fsp3) is 0.857. The molecule has 0 heterocycles. The molecule has 5 heteroatoms. The van der Waals surface area contributed by atoms with Crippen molar-refractivity contribution >= 4 is 12.0 Å². The molecule has 0 aromatic heterocycles. The summed E-state index contributed by atoms with van der Waals surface area (Å²) < 4.78 is 16.5. The minimum Gasteiger partial charge on any atom is -0.390 e. The number of rotatable bonds is 5. The van der Waals surface area contributed by atoms with E-state index in [0.717, 1.165) is 75.5 Å². The molecule has 0 aromatic rings. The van der Waals surface area contributed by atoms with Gasteiger partial charge in [-0.3, -0.25) is 4.79 Å². The minimum absolute atomic E-state index is 0.00157. The normalized spacial score (nSPS) is 47.3. The third-order valence-electron chi connectivity index (χ3n) is 10.9. The lowest BCUT2D eigenvalue weighted by molar-refractivity contribution is -0.165. The van der Waals surface area contributed by atoms with Gasteiger partial charge in [-0.25, -0.2) is 4.39 Å². The van der Waals surface area contributed by atoms with Gasteiger partial charge in [-0.15, -0.1) is 0 Å². The lowest BCUT2D eigenvalue weighted by Crippen LogP contribution is -2.58. The van der Waals surface area contributed by atoms with Gasteiger partial charge >= 0.3 is 0 Å². The number of fused-ring (bicyclic) bond motifs is 5. The van der Waals surface area contributed by atoms with Crippen molar-refractivity contribution in [3.8, 4) is 0 Å². The molecule has 0 aromatic carbocycles. The van der Waals surface area contributed by atoms with E-state index in [1.807, 2.05) is 6.92 Å². The summed E-state index contributed by atoms with van der Waals surface area (Å²) in [6.07, 6.45) is 13.1. The third kappa shape index (κ3) is 3.90. The molecule has 5 rings (SSSR count). The van der Waals surface area contributed by atoms with E-state index in [4.69, 9.17) is 5.41 Å². The van der Waals surface area contributed by atoms with Crippen LogP contribution >= 0.6 is 0 Å². The smallest absolute Gasteiger partial charge is 0.155 e. The topological polar surface area (TPSA) is 73.2 Å². The predicted octanol–water partition coefficient (Wildman–Crippen LogP) is 5.73. The highest BCUT2D eigenvalue weighted by Crippen LogP contribution is 2.66. The third-order valence-corrected chi connectivity index (χ3v) is 10.9. The summed E-state index contributed by atoms with van der Waals surface area (Å²) >= 11 is 0. The molecule has 0 bridgehead atoms. The van der Waals surface area contributed by atoms with Crippen LogP contribution in [0.2, 0.25) is 0 Å². The highest BCUT2D eigenvalue weighted by atomic mass is 19.1. The lowest BCUT2D eigenvalue weighted by atomic mass is 9.48. The van der Waals surface area contributed by atoms with Crippen LogP contribution in [0.15, 0.2) is 11.3 Å². The maximum atomic E-state index is 16.5. The Hall–Kier alpha value is -1.23. The number of halogens is 1. The second-order valence-electron chi connectivity index (χ2n) is 12.6. The van der Waals surface area contributed by atoms with Gasteiger partial charge in [0.15, 0.2) is 5.78 Å². The van der Waals surface area contributed by atoms with Gasteiger partial charge in [0.05, 0.1) is 12.1 Å². The van der Waals surface area contributed by atoms with Crippen molar-refractivity contribution in [3.63, 3.8) is 0 Å². The number of nitrogens with one attached hydrogen (secondary N) is 2. The van der Waals surface area contributed by atoms with Crippen molar-refractivity contribution in [2.24, 2.45) is 35.0 Å². The van der Waals surface area contributed by atoms with Crippen molar-refractivity contribution in [2.75, 3.05) is 6.54 Å². The molecule has 0 radical (unpaired) electrons. The summed E-state index contributed by atoms with van der Waals surface area (Å²) in [4.78, 5) is 13.4. The lowest BCUT2D eigenvalue weighted by Gasteiger charge is -2.59. The van der Waals surface area contributed by atoms with Gasteiger partial charge in [-0.05, 0) is 125 Å². The number of hydrogen-bond donors (Lipinski definition) is 3. The molecule has 0 unspecified atom stereocenters. The molecule has 4 saturated carbocycles. The fourth-order valence-corrected chi connectivity index (χ4v) is 9.11. The molecule has 0 aliphatic heterocycles. The Morgan fingerprint density at radius 3 is 2.67 bits per heavy atom. The Kier molecular flexibility index (Phi) is 6.03. The number of carbonyl (C=O) groups is 1. The van der Waals surface area contributed by atoms with Crippen molar-refractivity contribution in [1.82, 2.24) is 5.32 Å². The van der Waals surface area contributed by atoms with Gasteiger partial charge in [0.25, 0.3) is 0 Å². The van der Waals surface area contributed by atoms with Crippen LogP contribution in [0.1, 0.15) is 97.3 Å². The number of hydrogen-bond acceptors (Lipinski definition) is 4. The van der Waals surface area contributed by atoms with Gasteiger partial charge < -0.3 is 15.8 Å². The zero-order valence-electron chi connectivity index (χ0n) is 20.6. The van der Waals surface area contributed by atoms with Crippen LogP contribution in [0.5, 0.6) is 0 Å². The molecule has 0 amide bonds. The van der Waals surface area contributed by atoms with Crippen molar-refractivity contribution in [1.29, 1.82) is 5.41 Å². The summed E-state index contributed by atoms with van der Waals surface area (Å²) in [5, 5.41) is 21.6. The van der Waals surface area contributed by atoms with Crippen LogP contribution in [0.3, 0.4) is 0 Å². The molecule has 4 nitrogen and oxygen atoms in total. The van der Waals surface area contributed by atoms with E-state index < -0.39 is 11.3 Å². The van der Waals surface area contributed by atoms with E-state index in [9.17, 15) is 9.90 Å². The summed E-state index contributed by atoms with van der Waals surface area (Å²) in [5.74, 6) is 1.35. The molecule has 8 atom stereocenters. The van der Waals surface area contributed by atoms with Crippen molar-refractivity contribution in [2.45, 2.75) is 109 Å². The van der Waals surface area contributed by atoms with Crippen molar-refractivity contribution < 1.29 is 14.3 Å². The van der Waals surface area contributed by atoms with Crippen LogP contribution in [0.25, 0.3) is 0 Å². The SMILES string of the molecule is C[C@@]1(O)CC[C@@]2(F)[C@H](CC[C@H]3[C@@H]4CC[C@H](C(=O)CNC5=C(C=N)CCCC5)[C@@]4(C)CC[C@@H]32)C1. The molecule has 184 valence electrons. The van der Waals surface area contributed by atoms with E-state index in [1.54, 1.807) is 0 Å². The Morgan fingerprint density at radius 2 is 1.88 bits per heavy atom. The quantitative estimate of drug-likeness (QED) is 0.460. The van der Waals surface area contributed by atoms with Gasteiger partial charge in [0.2, 0.25) is 0 Å². The predicted molar refractivity (Wildman–Crippen MR) is 129 cm³/mol. The van der Waals surface area contributed by atoms with Gasteiger partial charge in [-0.1, -0.05) is 6.92 Å². The van der Waals surface area contributed by atoms with E-state index >= 15 is 4.39 Å². The largest absolute Gasteiger partial charge is 0.390 e. The molecule has 33 heavy (non-hydrogen) atoms. The first kappa shape index (κ1) is 23.5. The van der Waals surface area contributed by atoms with Crippen molar-refractivity contribution in [3.05, 3.63) is 11.3 Å². The minimum atomic E-state index is -1.12. The maximum absolute atomic E-state index is 16.5. The van der Waals surface area contributed by atoms with Crippen LogP contribution < -0.4 is 5.32 Å². The average Bonchev–Trinajstić information content (AvgIpc) is 3.15. The van der Waals surface area contributed by atoms with Gasteiger partial charge in [0, 0.05) is 17.8 Å². The number of ketones is 1. The summed E-state index contributed by atoms with van der Waals surface area (Å²) in [7, 11) is 0. The number of alkyl halides is 1. The average molecular weight is 459 g/mol. The summed E-state index contributed by atoms with van der Waals surface area (Å²) in [5.41, 5.74) is 0.321. The molecular weight excluding hydrogens is 415 g/mol. The fourth-order valence-electron chi connectivity index (χ4n) is 9.11. The monoisotopic (exact) mass is 458 g/mol. The second kappa shape index (κ2) is 8.46. The molecule has 3 N–H and O–H groups in total. The maximum Gasteiger partial charge on any atom is 0.155 e. The Balaban J connectivity index is 1.28. The molecular formula is C28H43FN2O2. The number of Topliss-reactive ketones (excluding diaryl/α,β-unsaturated/α-hetero) is 1. The second-order valence-corrected chi connectivity index (χ2v) is 12.6. The first-order valence-corrected chi connectivity index (χ1v) is 13.6. The Bertz CT molecular complexity index is 838. The Labute approximate surface area is 198 Å². The summed E-state index contributed by atoms with van der Waals surface area (Å²) in [6.45, 7) is 4.58. The zero-order valence-corrected chi connectivity index (χ0v) is 20.6. The molecule has 5 aliphatic carbocycles. The number of allylic oxidation sites excluding steroid dienone is 2. The standard InChI is InChI=1S/C28H43FN2O2/c1-26(33)13-14-28(29)19(15-26)7-8-20-21-9-10-23(27(21,2)12-11-22(20)28)25(32)17-31-24-6-4-3-5-18(24)16-30/h16,19-23,30-31,33H,3-15,17H2,1-2H3/t19-,20+,21+,22+,23-,26-,27+,28-/m1/s1. The highest BCUT2D eigenvalue weighted by Gasteiger charge is 2.63. The van der Waals surface area contributed by atoms with Crippen LogP contribution in [-0.4, -0.2) is 34.9 Å². The van der Waals surface area contributed by atoms with E-state index in [-0.39, 0.29) is 23.2 Å². The number of carbonyl (C=O) groups excluding carboxylic acids is 1. The highest BCUT2D eigenvalue weighted by molar-refractivity contribution is 5.85. The Morgan fingerprint density at radius 1 is 1.09 bits per heavy atom. The molecule has 5 aliphatic rings. The van der Waals surface area contributed by atoms with E-state index in [0.29, 0.717) is 43.4 Å². The van der Waals surface area contributed by atoms with Crippen LogP contribution in [0.4, 0.5) is 4.39 Å². The first-order chi connectivity index (χ1) is 15.7. The number of aliphatic hydroxyl groups is 1. The van der Waals surface area contributed by atoms with Gasteiger partial charge in [0.1, 0.15) is 5.67 Å².